The van der Waals surface area contributed by atoms with E-state index in [1.54, 1.807) is 11.3 Å². The Hall–Kier alpha value is -1.10. The molecule has 2 nitrogen and oxygen atoms in total. The van der Waals surface area contributed by atoms with Crippen LogP contribution in [0.4, 0.5) is 0 Å². The monoisotopic (exact) mass is 353 g/mol. The van der Waals surface area contributed by atoms with Gasteiger partial charge >= 0.3 is 0 Å². The lowest BCUT2D eigenvalue weighted by Crippen LogP contribution is -1.95. The Bertz CT molecular complexity index is 762. The number of hydrogen-bond donors (Lipinski definition) is 0. The Morgan fingerprint density at radius 2 is 2.16 bits per heavy atom. The van der Waals surface area contributed by atoms with Crippen molar-refractivity contribution in [2.75, 3.05) is 0 Å². The molecule has 3 aromatic rings. The highest BCUT2D eigenvalue weighted by Gasteiger charge is 2.09. The first-order valence-corrected chi connectivity index (χ1v) is 7.64. The van der Waals surface area contributed by atoms with Gasteiger partial charge in [-0.3, -0.25) is 4.79 Å². The fourth-order valence-electron chi connectivity index (χ4n) is 2.12. The third kappa shape index (κ3) is 2.48. The maximum atomic E-state index is 11.1. The summed E-state index contributed by atoms with van der Waals surface area (Å²) in [5.74, 6) is 0. The molecule has 0 aliphatic rings. The number of benzene rings is 1. The molecule has 0 amide bonds. The SMILES string of the molecule is O=Cc1cn(Cc2ccc(Br)s2)c2cc(Cl)ccc12. The lowest BCUT2D eigenvalue weighted by Gasteiger charge is -2.03. The Morgan fingerprint density at radius 1 is 1.32 bits per heavy atom. The number of fused-ring (bicyclic) bond motifs is 1. The van der Waals surface area contributed by atoms with E-state index >= 15 is 0 Å². The summed E-state index contributed by atoms with van der Waals surface area (Å²) in [6.45, 7) is 0.737. The second-order valence-electron chi connectivity index (χ2n) is 4.20. The molecule has 0 bridgehead atoms. The van der Waals surface area contributed by atoms with Crippen molar-refractivity contribution in [3.8, 4) is 0 Å². The lowest BCUT2D eigenvalue weighted by molar-refractivity contribution is 0.112. The average Bonchev–Trinajstić information content (AvgIpc) is 2.94. The molecule has 0 fully saturated rings. The molecule has 0 spiro atoms. The van der Waals surface area contributed by atoms with Crippen molar-refractivity contribution >= 4 is 56.1 Å². The molecular weight excluding hydrogens is 346 g/mol. The van der Waals surface area contributed by atoms with Gasteiger partial charge < -0.3 is 4.57 Å². The van der Waals surface area contributed by atoms with Gasteiger partial charge in [0, 0.05) is 27.0 Å². The molecule has 0 atom stereocenters. The predicted octanol–water partition coefficient (Wildman–Crippen LogP) is 4.98. The smallest absolute Gasteiger partial charge is 0.152 e. The number of rotatable bonds is 3. The summed E-state index contributed by atoms with van der Waals surface area (Å²) in [6, 6.07) is 9.70. The first kappa shape index (κ1) is 12.9. The zero-order valence-electron chi connectivity index (χ0n) is 9.77. The Labute approximate surface area is 127 Å². The van der Waals surface area contributed by atoms with Crippen LogP contribution in [-0.2, 0) is 6.54 Å². The van der Waals surface area contributed by atoms with Crippen LogP contribution in [0.5, 0.6) is 0 Å². The summed E-state index contributed by atoms with van der Waals surface area (Å²) in [7, 11) is 0. The Kier molecular flexibility index (Phi) is 3.48. The van der Waals surface area contributed by atoms with Gasteiger partial charge in [0.2, 0.25) is 0 Å². The summed E-state index contributed by atoms with van der Waals surface area (Å²) < 4.78 is 3.16. The van der Waals surface area contributed by atoms with Crippen molar-refractivity contribution in [1.82, 2.24) is 4.57 Å². The maximum absolute atomic E-state index is 11.1. The quantitative estimate of drug-likeness (QED) is 0.608. The highest BCUT2D eigenvalue weighted by atomic mass is 79.9. The minimum absolute atomic E-state index is 0.677. The molecule has 3 rings (SSSR count). The van der Waals surface area contributed by atoms with Crippen LogP contribution in [-0.4, -0.2) is 10.9 Å². The topological polar surface area (TPSA) is 22.0 Å². The van der Waals surface area contributed by atoms with Crippen molar-refractivity contribution in [3.05, 3.63) is 55.8 Å². The van der Waals surface area contributed by atoms with E-state index in [2.05, 4.69) is 26.6 Å². The molecule has 0 radical (unpaired) electrons. The summed E-state index contributed by atoms with van der Waals surface area (Å²) in [5, 5.41) is 1.62. The van der Waals surface area contributed by atoms with Crippen LogP contribution in [0, 0.1) is 0 Å². The molecule has 2 aromatic heterocycles. The van der Waals surface area contributed by atoms with E-state index in [1.807, 2.05) is 30.5 Å². The number of carbonyl (C=O) groups excluding carboxylic acids is 1. The minimum atomic E-state index is 0.677. The molecule has 0 unspecified atom stereocenters. The third-order valence-electron chi connectivity index (χ3n) is 2.96. The molecule has 0 saturated heterocycles. The molecule has 5 heteroatoms. The third-order valence-corrected chi connectivity index (χ3v) is 4.80. The molecular formula is C14H9BrClNOS. The summed E-state index contributed by atoms with van der Waals surface area (Å²) in [6.07, 6.45) is 2.76. The van der Waals surface area contributed by atoms with Crippen molar-refractivity contribution in [2.45, 2.75) is 6.54 Å². The number of carbonyl (C=O) groups is 1. The second kappa shape index (κ2) is 5.12. The van der Waals surface area contributed by atoms with Crippen LogP contribution in [0.2, 0.25) is 5.02 Å². The van der Waals surface area contributed by atoms with Crippen LogP contribution in [0.15, 0.2) is 40.3 Å². The fourth-order valence-corrected chi connectivity index (χ4v) is 3.77. The number of nitrogens with zero attached hydrogens (tertiary/aromatic N) is 1. The van der Waals surface area contributed by atoms with Gasteiger partial charge in [0.05, 0.1) is 15.8 Å². The summed E-state index contributed by atoms with van der Waals surface area (Å²) in [5.41, 5.74) is 1.68. The fraction of sp³-hybridized carbons (Fsp3) is 0.0714. The zero-order chi connectivity index (χ0) is 13.4. The van der Waals surface area contributed by atoms with Gasteiger partial charge in [-0.1, -0.05) is 17.7 Å². The van der Waals surface area contributed by atoms with Gasteiger partial charge in [-0.15, -0.1) is 11.3 Å². The van der Waals surface area contributed by atoms with Crippen molar-refractivity contribution in [1.29, 1.82) is 0 Å². The molecule has 0 saturated carbocycles. The van der Waals surface area contributed by atoms with E-state index in [1.165, 1.54) is 4.88 Å². The van der Waals surface area contributed by atoms with E-state index in [-0.39, 0.29) is 0 Å². The van der Waals surface area contributed by atoms with Crippen LogP contribution in [0.3, 0.4) is 0 Å². The molecule has 2 heterocycles. The largest absolute Gasteiger partial charge is 0.341 e. The second-order valence-corrected chi connectivity index (χ2v) is 7.18. The summed E-state index contributed by atoms with van der Waals surface area (Å²) in [4.78, 5) is 12.3. The van der Waals surface area contributed by atoms with Gasteiger partial charge in [0.15, 0.2) is 6.29 Å². The number of halogens is 2. The van der Waals surface area contributed by atoms with E-state index in [9.17, 15) is 4.79 Å². The van der Waals surface area contributed by atoms with Crippen LogP contribution < -0.4 is 0 Å². The van der Waals surface area contributed by atoms with Gasteiger partial charge in [0.1, 0.15) is 0 Å². The molecule has 19 heavy (non-hydrogen) atoms. The van der Waals surface area contributed by atoms with Gasteiger partial charge in [0.25, 0.3) is 0 Å². The zero-order valence-corrected chi connectivity index (χ0v) is 12.9. The average molecular weight is 355 g/mol. The number of thiophene rings is 1. The van der Waals surface area contributed by atoms with Gasteiger partial charge in [-0.25, -0.2) is 0 Å². The van der Waals surface area contributed by atoms with Crippen LogP contribution in [0.1, 0.15) is 15.2 Å². The standard InChI is InChI=1S/C14H9BrClNOS/c15-14-4-2-11(19-14)7-17-6-9(8-18)12-3-1-10(16)5-13(12)17/h1-6,8H,7H2. The molecule has 1 aromatic carbocycles. The van der Waals surface area contributed by atoms with Crippen LogP contribution in [0.25, 0.3) is 10.9 Å². The van der Waals surface area contributed by atoms with E-state index < -0.39 is 0 Å². The minimum Gasteiger partial charge on any atom is -0.341 e. The first-order chi connectivity index (χ1) is 9.17. The number of aromatic nitrogens is 1. The Balaban J connectivity index is 2.12. The summed E-state index contributed by atoms with van der Waals surface area (Å²) >= 11 is 11.2. The van der Waals surface area contributed by atoms with Crippen molar-refractivity contribution in [3.63, 3.8) is 0 Å². The molecule has 0 N–H and O–H groups in total. The highest BCUT2D eigenvalue weighted by Crippen LogP contribution is 2.27. The van der Waals surface area contributed by atoms with Crippen molar-refractivity contribution < 1.29 is 4.79 Å². The maximum Gasteiger partial charge on any atom is 0.152 e. The lowest BCUT2D eigenvalue weighted by atomic mass is 10.2. The van der Waals surface area contributed by atoms with Gasteiger partial charge in [-0.05, 0) is 40.2 Å². The number of hydrogen-bond acceptors (Lipinski definition) is 2. The van der Waals surface area contributed by atoms with Crippen molar-refractivity contribution in [2.24, 2.45) is 0 Å². The van der Waals surface area contributed by atoms with E-state index in [0.29, 0.717) is 10.6 Å². The van der Waals surface area contributed by atoms with Gasteiger partial charge in [-0.2, -0.15) is 0 Å². The predicted molar refractivity (Wildman–Crippen MR) is 83.5 cm³/mol. The van der Waals surface area contributed by atoms with E-state index in [4.69, 9.17) is 11.6 Å². The first-order valence-electron chi connectivity index (χ1n) is 5.65. The highest BCUT2D eigenvalue weighted by molar-refractivity contribution is 9.11. The molecule has 0 aliphatic carbocycles. The molecule has 0 aliphatic heterocycles. The Morgan fingerprint density at radius 3 is 2.84 bits per heavy atom. The normalized spacial score (nSPS) is 11.1. The number of aldehydes is 1. The molecule has 96 valence electrons. The van der Waals surface area contributed by atoms with E-state index in [0.717, 1.165) is 27.5 Å². The van der Waals surface area contributed by atoms with Crippen LogP contribution >= 0.6 is 38.9 Å².